The zero-order chi connectivity index (χ0) is 22.2. The molecule has 31 heavy (non-hydrogen) atoms. The van der Waals surface area contributed by atoms with Crippen LogP contribution in [0.25, 0.3) is 0 Å². The van der Waals surface area contributed by atoms with Crippen molar-refractivity contribution >= 4 is 11.6 Å². The van der Waals surface area contributed by atoms with Gasteiger partial charge in [-0.2, -0.15) is 8.78 Å². The summed E-state index contributed by atoms with van der Waals surface area (Å²) in [7, 11) is 3.38. The Morgan fingerprint density at radius 3 is 2.74 bits per heavy atom. The minimum Gasteiger partial charge on any atom is -0.495 e. The van der Waals surface area contributed by atoms with Gasteiger partial charge in [0.15, 0.2) is 5.96 Å². The lowest BCUT2D eigenvalue weighted by atomic mass is 10.1. The summed E-state index contributed by atoms with van der Waals surface area (Å²) in [6.07, 6.45) is 1.06. The van der Waals surface area contributed by atoms with E-state index in [0.29, 0.717) is 24.0 Å². The van der Waals surface area contributed by atoms with E-state index in [1.165, 1.54) is 0 Å². The number of aryl methyl sites for hydroxylation is 1. The van der Waals surface area contributed by atoms with E-state index in [0.717, 1.165) is 43.1 Å². The van der Waals surface area contributed by atoms with Gasteiger partial charge in [0, 0.05) is 38.8 Å². The molecule has 1 aliphatic heterocycles. The highest BCUT2D eigenvalue weighted by Crippen LogP contribution is 2.31. The van der Waals surface area contributed by atoms with Gasteiger partial charge in [-0.05, 0) is 37.5 Å². The van der Waals surface area contributed by atoms with Crippen LogP contribution in [0.1, 0.15) is 17.5 Å². The standard InChI is InChI=1S/C23H30F2N4O2/c1-16-8-9-20(31-22(24)25)18(12-16)14-28-23(26-2)27-13-17-10-11-29(15-17)19-6-4-5-7-21(19)30-3/h4-9,12,17,22H,10-11,13-15H2,1-3H3,(H2,26,27,28). The lowest BCUT2D eigenvalue weighted by Gasteiger charge is -2.21. The lowest BCUT2D eigenvalue weighted by molar-refractivity contribution is -0.0504. The molecular weight excluding hydrogens is 402 g/mol. The molecule has 0 amide bonds. The second-order valence-electron chi connectivity index (χ2n) is 7.57. The summed E-state index contributed by atoms with van der Waals surface area (Å²) in [4.78, 5) is 6.59. The molecule has 0 spiro atoms. The molecule has 6 nitrogen and oxygen atoms in total. The first-order valence-electron chi connectivity index (χ1n) is 10.4. The van der Waals surface area contributed by atoms with Gasteiger partial charge in [-0.1, -0.05) is 29.8 Å². The van der Waals surface area contributed by atoms with Gasteiger partial charge in [-0.15, -0.1) is 0 Å². The largest absolute Gasteiger partial charge is 0.495 e. The van der Waals surface area contributed by atoms with Crippen LogP contribution in [0.15, 0.2) is 47.5 Å². The molecule has 1 aliphatic rings. The van der Waals surface area contributed by atoms with Gasteiger partial charge >= 0.3 is 6.61 Å². The van der Waals surface area contributed by atoms with Crippen molar-refractivity contribution < 1.29 is 18.3 Å². The molecule has 1 atom stereocenters. The molecule has 2 aromatic rings. The number of nitrogens with one attached hydrogen (secondary N) is 2. The van der Waals surface area contributed by atoms with Crippen LogP contribution in [0, 0.1) is 12.8 Å². The molecule has 8 heteroatoms. The summed E-state index contributed by atoms with van der Waals surface area (Å²) in [5, 5.41) is 6.54. The number of benzene rings is 2. The minimum atomic E-state index is -2.85. The van der Waals surface area contributed by atoms with Gasteiger partial charge in [0.1, 0.15) is 11.5 Å². The Bertz CT molecular complexity index is 892. The molecule has 168 valence electrons. The molecule has 2 N–H and O–H groups in total. The minimum absolute atomic E-state index is 0.173. The van der Waals surface area contributed by atoms with Crippen LogP contribution in [0.3, 0.4) is 0 Å². The van der Waals surface area contributed by atoms with Gasteiger partial charge in [0.05, 0.1) is 12.8 Å². The van der Waals surface area contributed by atoms with Crippen LogP contribution < -0.4 is 25.0 Å². The SMILES string of the molecule is CN=C(NCc1cc(C)ccc1OC(F)F)NCC1CCN(c2ccccc2OC)C1. The molecule has 0 aliphatic carbocycles. The van der Waals surface area contributed by atoms with E-state index >= 15 is 0 Å². The average molecular weight is 433 g/mol. The van der Waals surface area contributed by atoms with Crippen molar-refractivity contribution in [1.29, 1.82) is 0 Å². The van der Waals surface area contributed by atoms with Crippen molar-refractivity contribution in [1.82, 2.24) is 10.6 Å². The molecule has 1 fully saturated rings. The predicted molar refractivity (Wildman–Crippen MR) is 119 cm³/mol. The van der Waals surface area contributed by atoms with E-state index in [2.05, 4.69) is 31.3 Å². The Morgan fingerprint density at radius 1 is 1.19 bits per heavy atom. The smallest absolute Gasteiger partial charge is 0.387 e. The number of methoxy groups -OCH3 is 1. The first kappa shape index (κ1) is 22.7. The molecule has 1 saturated heterocycles. The first-order chi connectivity index (χ1) is 15.0. The summed E-state index contributed by atoms with van der Waals surface area (Å²) in [5.41, 5.74) is 2.75. The number of hydrogen-bond donors (Lipinski definition) is 2. The maximum Gasteiger partial charge on any atom is 0.387 e. The van der Waals surface area contributed by atoms with Gasteiger partial charge in [0.2, 0.25) is 0 Å². The van der Waals surface area contributed by atoms with E-state index < -0.39 is 6.61 Å². The molecule has 0 saturated carbocycles. The van der Waals surface area contributed by atoms with Crippen LogP contribution in [-0.4, -0.2) is 46.4 Å². The van der Waals surface area contributed by atoms with Gasteiger partial charge in [0.25, 0.3) is 0 Å². The Kier molecular flexibility index (Phi) is 7.92. The Labute approximate surface area is 182 Å². The fraction of sp³-hybridized carbons (Fsp3) is 0.435. The van der Waals surface area contributed by atoms with Crippen LogP contribution in [-0.2, 0) is 6.54 Å². The molecular formula is C23H30F2N4O2. The zero-order valence-electron chi connectivity index (χ0n) is 18.2. The number of rotatable bonds is 8. The molecule has 0 bridgehead atoms. The average Bonchev–Trinajstić information content (AvgIpc) is 3.24. The van der Waals surface area contributed by atoms with Crippen LogP contribution in [0.4, 0.5) is 14.5 Å². The van der Waals surface area contributed by atoms with Crippen molar-refractivity contribution in [2.24, 2.45) is 10.9 Å². The summed E-state index contributed by atoms with van der Waals surface area (Å²) in [5.74, 6) is 2.14. The van der Waals surface area contributed by atoms with Crippen molar-refractivity contribution in [3.63, 3.8) is 0 Å². The number of para-hydroxylation sites is 2. The lowest BCUT2D eigenvalue weighted by Crippen LogP contribution is -2.40. The summed E-state index contributed by atoms with van der Waals surface area (Å²) < 4.78 is 35.5. The number of alkyl halides is 2. The number of hydrogen-bond acceptors (Lipinski definition) is 4. The monoisotopic (exact) mass is 432 g/mol. The maximum atomic E-state index is 12.7. The third-order valence-corrected chi connectivity index (χ3v) is 5.37. The number of anilines is 1. The maximum absolute atomic E-state index is 12.7. The Hall–Kier alpha value is -3.03. The van der Waals surface area contributed by atoms with E-state index in [-0.39, 0.29) is 5.75 Å². The van der Waals surface area contributed by atoms with Crippen LogP contribution >= 0.6 is 0 Å². The van der Waals surface area contributed by atoms with Crippen molar-refractivity contribution in [3.8, 4) is 11.5 Å². The Balaban J connectivity index is 1.52. The fourth-order valence-electron chi connectivity index (χ4n) is 3.81. The topological polar surface area (TPSA) is 58.1 Å². The highest BCUT2D eigenvalue weighted by atomic mass is 19.3. The molecule has 3 rings (SSSR count). The third kappa shape index (κ3) is 6.23. The van der Waals surface area contributed by atoms with E-state index in [4.69, 9.17) is 4.74 Å². The summed E-state index contributed by atoms with van der Waals surface area (Å²) >= 11 is 0. The predicted octanol–water partition coefficient (Wildman–Crippen LogP) is 3.80. The van der Waals surface area contributed by atoms with Crippen LogP contribution in [0.5, 0.6) is 11.5 Å². The molecule has 1 unspecified atom stereocenters. The fourth-order valence-corrected chi connectivity index (χ4v) is 3.81. The second kappa shape index (κ2) is 10.8. The van der Waals surface area contributed by atoms with Gasteiger partial charge in [-0.25, -0.2) is 0 Å². The van der Waals surface area contributed by atoms with E-state index in [1.54, 1.807) is 26.3 Å². The number of guanidine groups is 1. The highest BCUT2D eigenvalue weighted by Gasteiger charge is 2.24. The second-order valence-corrected chi connectivity index (χ2v) is 7.57. The first-order valence-corrected chi connectivity index (χ1v) is 10.4. The normalized spacial score (nSPS) is 16.5. The van der Waals surface area contributed by atoms with Crippen molar-refractivity contribution in [2.75, 3.05) is 38.7 Å². The number of aliphatic imine (C=N–C) groups is 1. The van der Waals surface area contributed by atoms with Gasteiger partial charge < -0.3 is 25.0 Å². The molecule has 0 radical (unpaired) electrons. The summed E-state index contributed by atoms with van der Waals surface area (Å²) in [6, 6.07) is 13.2. The Morgan fingerprint density at radius 2 is 2.00 bits per heavy atom. The van der Waals surface area contributed by atoms with Crippen molar-refractivity contribution in [3.05, 3.63) is 53.6 Å². The molecule has 0 aromatic heterocycles. The number of ether oxygens (including phenoxy) is 2. The zero-order valence-corrected chi connectivity index (χ0v) is 18.2. The van der Waals surface area contributed by atoms with Crippen molar-refractivity contribution in [2.45, 2.75) is 26.5 Å². The highest BCUT2D eigenvalue weighted by molar-refractivity contribution is 5.79. The quantitative estimate of drug-likeness (QED) is 0.491. The van der Waals surface area contributed by atoms with Crippen LogP contribution in [0.2, 0.25) is 0 Å². The number of nitrogens with zero attached hydrogens (tertiary/aromatic N) is 2. The van der Waals surface area contributed by atoms with Gasteiger partial charge in [-0.3, -0.25) is 4.99 Å². The van der Waals surface area contributed by atoms with E-state index in [9.17, 15) is 8.78 Å². The number of halogens is 2. The third-order valence-electron chi connectivity index (χ3n) is 5.37. The van der Waals surface area contributed by atoms with E-state index in [1.807, 2.05) is 31.2 Å². The summed E-state index contributed by atoms with van der Waals surface area (Å²) in [6.45, 7) is 2.05. The molecule has 1 heterocycles. The molecule has 2 aromatic carbocycles.